The minimum absolute atomic E-state index is 0.167. The maximum atomic E-state index is 12.2. The lowest BCUT2D eigenvalue weighted by Gasteiger charge is -2.16. The van der Waals surface area contributed by atoms with E-state index in [1.165, 1.54) is 35.1 Å². The van der Waals surface area contributed by atoms with Gasteiger partial charge in [0.1, 0.15) is 12.4 Å². The van der Waals surface area contributed by atoms with Crippen molar-refractivity contribution < 1.29 is 9.53 Å². The summed E-state index contributed by atoms with van der Waals surface area (Å²) in [4.78, 5) is 14.1. The zero-order chi connectivity index (χ0) is 18.5. The second-order valence-electron chi connectivity index (χ2n) is 6.14. The molecule has 1 aliphatic heterocycles. The number of aryl methyl sites for hydroxylation is 1. The van der Waals surface area contributed by atoms with Gasteiger partial charge in [-0.15, -0.1) is 0 Å². The van der Waals surface area contributed by atoms with Crippen molar-refractivity contribution >= 4 is 39.9 Å². The second-order valence-corrected chi connectivity index (χ2v) is 7.87. The van der Waals surface area contributed by atoms with Crippen molar-refractivity contribution in [3.63, 3.8) is 0 Å². The quantitative estimate of drug-likeness (QED) is 0.467. The van der Waals surface area contributed by atoms with Gasteiger partial charge >= 0.3 is 0 Å². The van der Waals surface area contributed by atoms with Crippen LogP contribution in [0.4, 0.5) is 5.69 Å². The van der Waals surface area contributed by atoms with Crippen molar-refractivity contribution in [1.82, 2.24) is 0 Å². The molecule has 1 amide bonds. The fourth-order valence-electron chi connectivity index (χ4n) is 2.69. The number of rotatable bonds is 7. The molecule has 3 nitrogen and oxygen atoms in total. The number of ether oxygens (including phenoxy) is 1. The van der Waals surface area contributed by atoms with Gasteiger partial charge in [0.05, 0.1) is 10.6 Å². The molecule has 1 fully saturated rings. The van der Waals surface area contributed by atoms with Gasteiger partial charge in [0.25, 0.3) is 5.91 Å². The molecule has 134 valence electrons. The highest BCUT2D eigenvalue weighted by Crippen LogP contribution is 2.34. The number of carbonyl (C=O) groups is 1. The van der Waals surface area contributed by atoms with E-state index in [1.54, 1.807) is 0 Å². The van der Waals surface area contributed by atoms with Gasteiger partial charge in [-0.1, -0.05) is 74.2 Å². The van der Waals surface area contributed by atoms with Crippen LogP contribution in [-0.4, -0.2) is 10.2 Å². The molecule has 0 aliphatic carbocycles. The molecule has 5 heteroatoms. The summed E-state index contributed by atoms with van der Waals surface area (Å²) in [6.45, 7) is 6.42. The van der Waals surface area contributed by atoms with Gasteiger partial charge in [0.2, 0.25) is 0 Å². The van der Waals surface area contributed by atoms with E-state index in [4.69, 9.17) is 17.0 Å². The molecule has 0 saturated carbocycles. The van der Waals surface area contributed by atoms with Crippen LogP contribution in [0.25, 0.3) is 0 Å². The standard InChI is InChI=1S/C21H21NO2S2/c1-3-4-6-16-9-11-17(12-10-16)14-24-19-8-5-7-18(13-19)22-20(23)15(2)26-21(22)25/h5,7-13H,2-4,6,14H2,1H3. The molecule has 0 N–H and O–H groups in total. The van der Waals surface area contributed by atoms with Crippen LogP contribution in [-0.2, 0) is 17.8 Å². The van der Waals surface area contributed by atoms with Crippen LogP contribution in [0.5, 0.6) is 5.75 Å². The van der Waals surface area contributed by atoms with Crippen LogP contribution in [0.15, 0.2) is 60.0 Å². The van der Waals surface area contributed by atoms with Crippen molar-refractivity contribution in [3.05, 3.63) is 71.1 Å². The normalized spacial score (nSPS) is 14.2. The molecule has 0 atom stereocenters. The summed E-state index contributed by atoms with van der Waals surface area (Å²) in [5, 5.41) is 0. The minimum Gasteiger partial charge on any atom is -0.489 e. The average Bonchev–Trinajstić information content (AvgIpc) is 2.91. The highest BCUT2D eigenvalue weighted by molar-refractivity contribution is 8.27. The number of thiocarbonyl (C=S) groups is 1. The largest absolute Gasteiger partial charge is 0.489 e. The van der Waals surface area contributed by atoms with E-state index in [-0.39, 0.29) is 5.91 Å². The Morgan fingerprint density at radius 1 is 1.15 bits per heavy atom. The van der Waals surface area contributed by atoms with Gasteiger partial charge in [-0.05, 0) is 36.1 Å². The van der Waals surface area contributed by atoms with E-state index >= 15 is 0 Å². The maximum Gasteiger partial charge on any atom is 0.270 e. The molecule has 1 heterocycles. The van der Waals surface area contributed by atoms with Gasteiger partial charge in [0.15, 0.2) is 4.32 Å². The molecule has 2 aromatic carbocycles. The third-order valence-corrected chi connectivity index (χ3v) is 5.37. The van der Waals surface area contributed by atoms with E-state index in [2.05, 4.69) is 37.8 Å². The molecular weight excluding hydrogens is 362 g/mol. The van der Waals surface area contributed by atoms with Crippen LogP contribution in [0.2, 0.25) is 0 Å². The summed E-state index contributed by atoms with van der Waals surface area (Å²) in [6, 6.07) is 16.0. The number of nitrogens with zero attached hydrogens (tertiary/aromatic N) is 1. The summed E-state index contributed by atoms with van der Waals surface area (Å²) in [5.41, 5.74) is 3.18. The maximum absolute atomic E-state index is 12.2. The Kier molecular flexibility index (Phi) is 6.12. The van der Waals surface area contributed by atoms with Gasteiger partial charge in [0, 0.05) is 6.07 Å². The highest BCUT2D eigenvalue weighted by atomic mass is 32.2. The lowest BCUT2D eigenvalue weighted by atomic mass is 10.1. The number of unbranched alkanes of at least 4 members (excludes halogenated alkanes) is 1. The molecule has 1 aliphatic rings. The zero-order valence-corrected chi connectivity index (χ0v) is 16.4. The van der Waals surface area contributed by atoms with Crippen LogP contribution < -0.4 is 9.64 Å². The topological polar surface area (TPSA) is 29.5 Å². The molecule has 0 aromatic heterocycles. The van der Waals surface area contributed by atoms with Crippen LogP contribution in [0.3, 0.4) is 0 Å². The number of thioether (sulfide) groups is 1. The first-order chi connectivity index (χ1) is 12.6. The van der Waals surface area contributed by atoms with E-state index in [0.717, 1.165) is 12.0 Å². The minimum atomic E-state index is -0.167. The lowest BCUT2D eigenvalue weighted by Crippen LogP contribution is -2.27. The molecule has 26 heavy (non-hydrogen) atoms. The molecular formula is C21H21NO2S2. The molecule has 2 aromatic rings. The lowest BCUT2D eigenvalue weighted by molar-refractivity contribution is -0.113. The highest BCUT2D eigenvalue weighted by Gasteiger charge is 2.32. The zero-order valence-electron chi connectivity index (χ0n) is 14.7. The van der Waals surface area contributed by atoms with Crippen molar-refractivity contribution in [1.29, 1.82) is 0 Å². The van der Waals surface area contributed by atoms with Crippen molar-refractivity contribution in [2.24, 2.45) is 0 Å². The van der Waals surface area contributed by atoms with E-state index in [9.17, 15) is 4.79 Å². The van der Waals surface area contributed by atoms with Gasteiger partial charge < -0.3 is 4.74 Å². The number of benzene rings is 2. The molecule has 3 rings (SSSR count). The Labute approximate surface area is 164 Å². The van der Waals surface area contributed by atoms with Gasteiger partial charge in [-0.2, -0.15) is 0 Å². The number of anilines is 1. The second kappa shape index (κ2) is 8.52. The van der Waals surface area contributed by atoms with Crippen LogP contribution in [0, 0.1) is 0 Å². The van der Waals surface area contributed by atoms with Crippen LogP contribution >= 0.6 is 24.0 Å². The third-order valence-electron chi connectivity index (χ3n) is 4.16. The van der Waals surface area contributed by atoms with Crippen molar-refractivity contribution in [2.45, 2.75) is 32.8 Å². The number of hydrogen-bond acceptors (Lipinski definition) is 4. The SMILES string of the molecule is C=C1SC(=S)N(c2cccc(OCc3ccc(CCCC)cc3)c2)C1=O. The Balaban J connectivity index is 1.65. The summed E-state index contributed by atoms with van der Waals surface area (Å²) in [7, 11) is 0. The average molecular weight is 384 g/mol. The van der Waals surface area contributed by atoms with Crippen molar-refractivity contribution in [2.75, 3.05) is 4.90 Å². The predicted molar refractivity (Wildman–Crippen MR) is 113 cm³/mol. The Morgan fingerprint density at radius 2 is 1.88 bits per heavy atom. The fraction of sp³-hybridized carbons (Fsp3) is 0.238. The van der Waals surface area contributed by atoms with Gasteiger partial charge in [-0.3, -0.25) is 9.69 Å². The van der Waals surface area contributed by atoms with Gasteiger partial charge in [-0.25, -0.2) is 0 Å². The Hall–Kier alpha value is -2.11. The fourth-order valence-corrected chi connectivity index (χ4v) is 3.85. The smallest absolute Gasteiger partial charge is 0.270 e. The molecule has 0 radical (unpaired) electrons. The summed E-state index contributed by atoms with van der Waals surface area (Å²) >= 11 is 6.50. The summed E-state index contributed by atoms with van der Waals surface area (Å²) in [5.74, 6) is 0.537. The number of hydrogen-bond donors (Lipinski definition) is 0. The van der Waals surface area contributed by atoms with Crippen molar-refractivity contribution in [3.8, 4) is 5.75 Å². The molecule has 1 saturated heterocycles. The van der Waals surface area contributed by atoms with E-state index in [1.807, 2.05) is 24.3 Å². The first-order valence-electron chi connectivity index (χ1n) is 8.64. The van der Waals surface area contributed by atoms with Crippen LogP contribution in [0.1, 0.15) is 30.9 Å². The summed E-state index contributed by atoms with van der Waals surface area (Å²) < 4.78 is 6.40. The van der Waals surface area contributed by atoms with E-state index in [0.29, 0.717) is 27.3 Å². The first kappa shape index (κ1) is 18.7. The first-order valence-corrected chi connectivity index (χ1v) is 9.87. The summed E-state index contributed by atoms with van der Waals surface area (Å²) in [6.07, 6.45) is 3.53. The molecule has 0 spiro atoms. The number of carbonyl (C=O) groups excluding carboxylic acids is 1. The van der Waals surface area contributed by atoms with E-state index < -0.39 is 0 Å². The molecule has 0 unspecified atom stereocenters. The predicted octanol–water partition coefficient (Wildman–Crippen LogP) is 5.49. The Bertz CT molecular complexity index is 830. The number of amides is 1. The third kappa shape index (κ3) is 4.34. The Morgan fingerprint density at radius 3 is 2.54 bits per heavy atom. The monoisotopic (exact) mass is 383 g/mol. The molecule has 0 bridgehead atoms.